The van der Waals surface area contributed by atoms with E-state index in [0.717, 1.165) is 30.6 Å². The smallest absolute Gasteiger partial charge is 0.255 e. The predicted molar refractivity (Wildman–Crippen MR) is 88.8 cm³/mol. The molecule has 2 heterocycles. The fourth-order valence-corrected chi connectivity index (χ4v) is 3.24. The van der Waals surface area contributed by atoms with E-state index in [9.17, 15) is 4.79 Å². The molecule has 0 atom stereocenters. The first-order valence-corrected chi connectivity index (χ1v) is 8.67. The monoisotopic (exact) mass is 302 g/mol. The van der Waals surface area contributed by atoms with Gasteiger partial charge in [0.05, 0.1) is 10.6 Å². The summed E-state index contributed by atoms with van der Waals surface area (Å²) in [6.07, 6.45) is 4.63. The molecule has 2 aromatic heterocycles. The molecule has 0 unspecified atom stereocenters. The van der Waals surface area contributed by atoms with Crippen LogP contribution in [0.1, 0.15) is 38.2 Å². The first-order valence-electron chi connectivity index (χ1n) is 7.79. The molecule has 0 spiro atoms. The Labute approximate surface area is 129 Å². The van der Waals surface area contributed by atoms with Crippen LogP contribution < -0.4 is 10.9 Å². The zero-order valence-electron chi connectivity index (χ0n) is 12.5. The van der Waals surface area contributed by atoms with E-state index in [1.54, 1.807) is 11.3 Å². The standard InChI is InChI=1S/C17H22N2OS/c1-2-3-10-19-15(16-5-4-11-21-16)9-6-13(17(19)20)12-18-14-7-8-14/h4-6,9,11,14,18H,2-3,7-8,10,12H2,1H3. The van der Waals surface area contributed by atoms with E-state index in [-0.39, 0.29) is 5.56 Å². The highest BCUT2D eigenvalue weighted by molar-refractivity contribution is 7.13. The highest BCUT2D eigenvalue weighted by Gasteiger charge is 2.21. The zero-order chi connectivity index (χ0) is 14.7. The van der Waals surface area contributed by atoms with Gasteiger partial charge in [-0.25, -0.2) is 0 Å². The van der Waals surface area contributed by atoms with Crippen LogP contribution in [0.3, 0.4) is 0 Å². The zero-order valence-corrected chi connectivity index (χ0v) is 13.3. The molecule has 1 aliphatic rings. The van der Waals surface area contributed by atoms with Gasteiger partial charge in [0.25, 0.3) is 5.56 Å². The van der Waals surface area contributed by atoms with Gasteiger partial charge in [0.2, 0.25) is 0 Å². The molecule has 1 saturated carbocycles. The summed E-state index contributed by atoms with van der Waals surface area (Å²) >= 11 is 1.69. The number of unbranched alkanes of at least 4 members (excludes halogenated alkanes) is 1. The van der Waals surface area contributed by atoms with Crippen molar-refractivity contribution in [2.45, 2.75) is 51.7 Å². The molecule has 0 amide bonds. The van der Waals surface area contributed by atoms with Crippen LogP contribution in [-0.2, 0) is 13.1 Å². The second kappa shape index (κ2) is 6.58. The average Bonchev–Trinajstić information content (AvgIpc) is 3.16. The molecule has 0 saturated heterocycles. The number of nitrogens with zero attached hydrogens (tertiary/aromatic N) is 1. The minimum atomic E-state index is 0.169. The van der Waals surface area contributed by atoms with Gasteiger partial charge < -0.3 is 9.88 Å². The molecule has 21 heavy (non-hydrogen) atoms. The van der Waals surface area contributed by atoms with Gasteiger partial charge in [0.15, 0.2) is 0 Å². The molecular formula is C17H22N2OS. The maximum absolute atomic E-state index is 12.8. The van der Waals surface area contributed by atoms with Crippen LogP contribution in [0.4, 0.5) is 0 Å². The highest BCUT2D eigenvalue weighted by Crippen LogP contribution is 2.24. The molecule has 0 aliphatic heterocycles. The predicted octanol–water partition coefficient (Wildman–Crippen LogP) is 3.63. The fourth-order valence-electron chi connectivity index (χ4n) is 2.48. The van der Waals surface area contributed by atoms with Crippen molar-refractivity contribution >= 4 is 11.3 Å². The average molecular weight is 302 g/mol. The van der Waals surface area contributed by atoms with Crippen molar-refractivity contribution in [2.24, 2.45) is 0 Å². The molecule has 4 heteroatoms. The van der Waals surface area contributed by atoms with Crippen LogP contribution in [-0.4, -0.2) is 10.6 Å². The Morgan fingerprint density at radius 1 is 1.33 bits per heavy atom. The van der Waals surface area contributed by atoms with E-state index in [1.165, 1.54) is 17.7 Å². The third kappa shape index (κ3) is 3.44. The van der Waals surface area contributed by atoms with Crippen LogP contribution in [0.2, 0.25) is 0 Å². The first kappa shape index (κ1) is 14.5. The van der Waals surface area contributed by atoms with Crippen molar-refractivity contribution in [1.82, 2.24) is 9.88 Å². The van der Waals surface area contributed by atoms with Gasteiger partial charge in [-0.2, -0.15) is 0 Å². The van der Waals surface area contributed by atoms with Gasteiger partial charge in [-0.05, 0) is 36.8 Å². The van der Waals surface area contributed by atoms with Crippen LogP contribution in [0.25, 0.3) is 10.6 Å². The number of nitrogens with one attached hydrogen (secondary N) is 1. The lowest BCUT2D eigenvalue weighted by molar-refractivity contribution is 0.604. The van der Waals surface area contributed by atoms with Crippen LogP contribution in [0.15, 0.2) is 34.4 Å². The molecule has 3 rings (SSSR count). The Balaban J connectivity index is 1.92. The topological polar surface area (TPSA) is 34.0 Å². The lowest BCUT2D eigenvalue weighted by atomic mass is 10.2. The van der Waals surface area contributed by atoms with E-state index < -0.39 is 0 Å². The number of aromatic nitrogens is 1. The highest BCUT2D eigenvalue weighted by atomic mass is 32.1. The molecule has 0 aromatic carbocycles. The van der Waals surface area contributed by atoms with Gasteiger partial charge >= 0.3 is 0 Å². The second-order valence-electron chi connectivity index (χ2n) is 5.69. The quantitative estimate of drug-likeness (QED) is 0.847. The number of thiophene rings is 1. The largest absolute Gasteiger partial charge is 0.310 e. The summed E-state index contributed by atoms with van der Waals surface area (Å²) in [7, 11) is 0. The summed E-state index contributed by atoms with van der Waals surface area (Å²) in [5.41, 5.74) is 2.11. The van der Waals surface area contributed by atoms with Crippen molar-refractivity contribution in [3.05, 3.63) is 45.6 Å². The number of hydrogen-bond acceptors (Lipinski definition) is 3. The Bertz CT molecular complexity index is 641. The Kier molecular flexibility index (Phi) is 4.56. The minimum absolute atomic E-state index is 0.169. The molecule has 1 fully saturated rings. The molecule has 2 aromatic rings. The van der Waals surface area contributed by atoms with E-state index >= 15 is 0 Å². The summed E-state index contributed by atoms with van der Waals surface area (Å²) in [5.74, 6) is 0. The lowest BCUT2D eigenvalue weighted by Crippen LogP contribution is -2.28. The Morgan fingerprint density at radius 2 is 2.19 bits per heavy atom. The van der Waals surface area contributed by atoms with E-state index in [1.807, 2.05) is 16.7 Å². The van der Waals surface area contributed by atoms with E-state index in [0.29, 0.717) is 12.6 Å². The Hall–Kier alpha value is -1.39. The van der Waals surface area contributed by atoms with Crippen LogP contribution in [0, 0.1) is 0 Å². The fraction of sp³-hybridized carbons (Fsp3) is 0.471. The van der Waals surface area contributed by atoms with Crippen molar-refractivity contribution < 1.29 is 0 Å². The maximum atomic E-state index is 12.8. The van der Waals surface area contributed by atoms with E-state index in [2.05, 4.69) is 29.8 Å². The Morgan fingerprint density at radius 3 is 2.86 bits per heavy atom. The molecule has 1 aliphatic carbocycles. The molecule has 1 N–H and O–H groups in total. The number of rotatable bonds is 7. The maximum Gasteiger partial charge on any atom is 0.255 e. The number of pyridine rings is 1. The summed E-state index contributed by atoms with van der Waals surface area (Å²) in [6, 6.07) is 8.86. The summed E-state index contributed by atoms with van der Waals surface area (Å²) < 4.78 is 1.96. The number of hydrogen-bond donors (Lipinski definition) is 1. The van der Waals surface area contributed by atoms with Crippen molar-refractivity contribution in [3.63, 3.8) is 0 Å². The van der Waals surface area contributed by atoms with Gasteiger partial charge in [0.1, 0.15) is 0 Å². The van der Waals surface area contributed by atoms with Gasteiger partial charge in [-0.15, -0.1) is 11.3 Å². The van der Waals surface area contributed by atoms with Gasteiger partial charge in [0, 0.05) is 24.7 Å². The van der Waals surface area contributed by atoms with Gasteiger partial charge in [-0.3, -0.25) is 4.79 Å². The molecule has 3 nitrogen and oxygen atoms in total. The van der Waals surface area contributed by atoms with Crippen LogP contribution >= 0.6 is 11.3 Å². The SMILES string of the molecule is CCCCn1c(-c2cccs2)ccc(CNC2CC2)c1=O. The molecule has 112 valence electrons. The summed E-state index contributed by atoms with van der Waals surface area (Å²) in [6.45, 7) is 3.66. The van der Waals surface area contributed by atoms with Crippen molar-refractivity contribution in [2.75, 3.05) is 0 Å². The van der Waals surface area contributed by atoms with E-state index in [4.69, 9.17) is 0 Å². The summed E-state index contributed by atoms with van der Waals surface area (Å²) in [5, 5.41) is 5.50. The van der Waals surface area contributed by atoms with Gasteiger partial charge in [-0.1, -0.05) is 25.5 Å². The molecular weight excluding hydrogens is 280 g/mol. The second-order valence-corrected chi connectivity index (χ2v) is 6.63. The third-order valence-corrected chi connectivity index (χ3v) is 4.81. The normalized spacial score (nSPS) is 14.5. The third-order valence-electron chi connectivity index (χ3n) is 3.92. The molecule has 0 radical (unpaired) electrons. The lowest BCUT2D eigenvalue weighted by Gasteiger charge is -2.14. The minimum Gasteiger partial charge on any atom is -0.310 e. The van der Waals surface area contributed by atoms with Crippen molar-refractivity contribution in [3.8, 4) is 10.6 Å². The van der Waals surface area contributed by atoms with Crippen molar-refractivity contribution in [1.29, 1.82) is 0 Å². The van der Waals surface area contributed by atoms with Crippen LogP contribution in [0.5, 0.6) is 0 Å². The first-order chi connectivity index (χ1) is 10.3. The summed E-state index contributed by atoms with van der Waals surface area (Å²) in [4.78, 5) is 13.9. The molecule has 0 bridgehead atoms.